The predicted molar refractivity (Wildman–Crippen MR) is 84.0 cm³/mol. The molecule has 3 N–H and O–H groups in total. The van der Waals surface area contributed by atoms with Gasteiger partial charge in [0.05, 0.1) is 12.9 Å². The van der Waals surface area contributed by atoms with Gasteiger partial charge in [0.15, 0.2) is 11.5 Å². The van der Waals surface area contributed by atoms with Crippen LogP contribution in [0.5, 0.6) is 0 Å². The summed E-state index contributed by atoms with van der Waals surface area (Å²) in [6.45, 7) is 3.79. The third-order valence-corrected chi connectivity index (χ3v) is 3.29. The average Bonchev–Trinajstić information content (AvgIpc) is 2.93. The van der Waals surface area contributed by atoms with Gasteiger partial charge < -0.3 is 20.3 Å². The summed E-state index contributed by atoms with van der Waals surface area (Å²) in [4.78, 5) is 40.0. The van der Waals surface area contributed by atoms with Crippen molar-refractivity contribution >= 4 is 28.9 Å². The highest BCUT2D eigenvalue weighted by Crippen LogP contribution is 2.17. The number of carbonyl (C=O) groups excluding carboxylic acids is 1. The van der Waals surface area contributed by atoms with Crippen molar-refractivity contribution in [2.24, 2.45) is 5.92 Å². The zero-order valence-corrected chi connectivity index (χ0v) is 13.3. The Kier molecular flexibility index (Phi) is 5.09. The number of imidazole rings is 1. The van der Waals surface area contributed by atoms with Gasteiger partial charge in [0.2, 0.25) is 5.91 Å². The molecule has 0 aliphatic carbocycles. The summed E-state index contributed by atoms with van der Waals surface area (Å²) < 4.78 is 0. The van der Waals surface area contributed by atoms with Crippen LogP contribution in [0.2, 0.25) is 0 Å². The Balaban J connectivity index is 2.04. The number of carboxylic acids is 1. The van der Waals surface area contributed by atoms with E-state index < -0.39 is 12.0 Å². The molecule has 124 valence electrons. The zero-order valence-electron chi connectivity index (χ0n) is 13.3. The lowest BCUT2D eigenvalue weighted by atomic mass is 10.0. The molecule has 1 unspecified atom stereocenters. The van der Waals surface area contributed by atoms with Crippen LogP contribution in [-0.2, 0) is 9.59 Å². The molecule has 0 aliphatic heterocycles. The highest BCUT2D eigenvalue weighted by atomic mass is 16.4. The fourth-order valence-corrected chi connectivity index (χ4v) is 2.26. The molecule has 9 heteroatoms. The van der Waals surface area contributed by atoms with E-state index in [-0.39, 0.29) is 18.4 Å². The topological polar surface area (TPSA) is 124 Å². The zero-order chi connectivity index (χ0) is 17.0. The van der Waals surface area contributed by atoms with Crippen LogP contribution in [0.3, 0.4) is 0 Å². The van der Waals surface area contributed by atoms with Crippen molar-refractivity contribution in [2.45, 2.75) is 26.3 Å². The van der Waals surface area contributed by atoms with E-state index in [0.29, 0.717) is 23.4 Å². The number of aliphatic carboxylic acids is 1. The Bertz CT molecular complexity index is 699. The minimum absolute atomic E-state index is 0.0208. The molecule has 0 bridgehead atoms. The third-order valence-electron chi connectivity index (χ3n) is 3.29. The van der Waals surface area contributed by atoms with E-state index in [1.807, 2.05) is 13.8 Å². The van der Waals surface area contributed by atoms with Gasteiger partial charge in [0, 0.05) is 7.05 Å². The number of nitrogens with zero attached hydrogens (tertiary/aromatic N) is 4. The van der Waals surface area contributed by atoms with Crippen LogP contribution >= 0.6 is 0 Å². The van der Waals surface area contributed by atoms with Crippen LogP contribution in [0.25, 0.3) is 11.2 Å². The molecule has 0 fully saturated rings. The van der Waals surface area contributed by atoms with Gasteiger partial charge in [0.25, 0.3) is 0 Å². The SMILES string of the molecule is CC(C)CC(NC(=O)CN(C)c1ncnc2nc[nH]c12)C(=O)O. The standard InChI is InChI=1S/C14H20N6O3/c1-8(2)4-9(14(22)23)19-10(21)5-20(3)13-11-12(16-6-15-11)17-7-18-13/h6-9H,4-5H2,1-3H3,(H,19,21)(H,22,23)(H,15,16,17,18). The van der Waals surface area contributed by atoms with E-state index >= 15 is 0 Å². The summed E-state index contributed by atoms with van der Waals surface area (Å²) >= 11 is 0. The van der Waals surface area contributed by atoms with Crippen molar-refractivity contribution in [2.75, 3.05) is 18.5 Å². The summed E-state index contributed by atoms with van der Waals surface area (Å²) in [5.41, 5.74) is 1.13. The predicted octanol–water partition coefficient (Wildman–Crippen LogP) is 0.405. The number of amides is 1. The van der Waals surface area contributed by atoms with Gasteiger partial charge in [-0.25, -0.2) is 19.7 Å². The molecule has 0 saturated carbocycles. The second kappa shape index (κ2) is 7.03. The van der Waals surface area contributed by atoms with Gasteiger partial charge in [-0.15, -0.1) is 0 Å². The molecule has 1 atom stereocenters. The van der Waals surface area contributed by atoms with Crippen LogP contribution in [0.1, 0.15) is 20.3 Å². The summed E-state index contributed by atoms with van der Waals surface area (Å²) in [5.74, 6) is -0.724. The number of aromatic nitrogens is 4. The first-order valence-electron chi connectivity index (χ1n) is 7.26. The molecule has 0 aromatic carbocycles. The number of aromatic amines is 1. The first-order chi connectivity index (χ1) is 10.9. The van der Waals surface area contributed by atoms with E-state index in [2.05, 4.69) is 25.3 Å². The summed E-state index contributed by atoms with van der Waals surface area (Å²) in [7, 11) is 1.69. The van der Waals surface area contributed by atoms with Gasteiger partial charge in [-0.05, 0) is 12.3 Å². The van der Waals surface area contributed by atoms with Crippen molar-refractivity contribution in [1.29, 1.82) is 0 Å². The van der Waals surface area contributed by atoms with Crippen molar-refractivity contribution in [3.8, 4) is 0 Å². The first-order valence-corrected chi connectivity index (χ1v) is 7.26. The molecular formula is C14H20N6O3. The largest absolute Gasteiger partial charge is 0.480 e. The minimum Gasteiger partial charge on any atom is -0.480 e. The van der Waals surface area contributed by atoms with Crippen molar-refractivity contribution in [3.05, 3.63) is 12.7 Å². The van der Waals surface area contributed by atoms with Crippen LogP contribution < -0.4 is 10.2 Å². The van der Waals surface area contributed by atoms with Gasteiger partial charge in [-0.3, -0.25) is 4.79 Å². The van der Waals surface area contributed by atoms with Gasteiger partial charge in [0.1, 0.15) is 17.9 Å². The van der Waals surface area contributed by atoms with Crippen LogP contribution in [0.15, 0.2) is 12.7 Å². The Morgan fingerprint density at radius 3 is 2.74 bits per heavy atom. The molecule has 1 amide bonds. The molecule has 2 rings (SSSR count). The molecule has 0 aliphatic rings. The summed E-state index contributed by atoms with van der Waals surface area (Å²) in [5, 5.41) is 11.7. The maximum atomic E-state index is 12.1. The smallest absolute Gasteiger partial charge is 0.326 e. The quantitative estimate of drug-likeness (QED) is 0.674. The molecule has 2 aromatic rings. The number of rotatable bonds is 7. The maximum absolute atomic E-state index is 12.1. The van der Waals surface area contributed by atoms with Crippen molar-refractivity contribution < 1.29 is 14.7 Å². The second-order valence-corrected chi connectivity index (χ2v) is 5.74. The number of fused-ring (bicyclic) bond motifs is 1. The highest BCUT2D eigenvalue weighted by Gasteiger charge is 2.22. The fraction of sp³-hybridized carbons (Fsp3) is 0.500. The lowest BCUT2D eigenvalue weighted by Gasteiger charge is -2.21. The number of hydrogen-bond donors (Lipinski definition) is 3. The molecular weight excluding hydrogens is 300 g/mol. The van der Waals surface area contributed by atoms with Gasteiger partial charge >= 0.3 is 5.97 Å². The number of nitrogens with one attached hydrogen (secondary N) is 2. The molecule has 2 heterocycles. The van der Waals surface area contributed by atoms with Crippen molar-refractivity contribution in [1.82, 2.24) is 25.3 Å². The average molecular weight is 320 g/mol. The van der Waals surface area contributed by atoms with Crippen LogP contribution in [0, 0.1) is 5.92 Å². The number of H-pyrrole nitrogens is 1. The summed E-state index contributed by atoms with van der Waals surface area (Å²) in [6.07, 6.45) is 3.24. The number of carbonyl (C=O) groups is 2. The molecule has 0 radical (unpaired) electrons. The number of carboxylic acid groups (broad SMARTS) is 1. The molecule has 23 heavy (non-hydrogen) atoms. The van der Waals surface area contributed by atoms with Crippen LogP contribution in [0.4, 0.5) is 5.82 Å². The second-order valence-electron chi connectivity index (χ2n) is 5.74. The Labute approximate surface area is 133 Å². The number of anilines is 1. The molecule has 0 spiro atoms. The first kappa shape index (κ1) is 16.7. The summed E-state index contributed by atoms with van der Waals surface area (Å²) in [6, 6.07) is -0.895. The van der Waals surface area contributed by atoms with E-state index in [1.54, 1.807) is 11.9 Å². The lowest BCUT2D eigenvalue weighted by molar-refractivity contribution is -0.142. The Morgan fingerprint density at radius 2 is 2.09 bits per heavy atom. The van der Waals surface area contributed by atoms with Crippen molar-refractivity contribution in [3.63, 3.8) is 0 Å². The lowest BCUT2D eigenvalue weighted by Crippen LogP contribution is -2.45. The van der Waals surface area contributed by atoms with E-state index in [1.165, 1.54) is 12.7 Å². The van der Waals surface area contributed by atoms with Crippen LogP contribution in [-0.4, -0.2) is 56.6 Å². The van der Waals surface area contributed by atoms with Gasteiger partial charge in [-0.1, -0.05) is 13.8 Å². The normalized spacial score (nSPS) is 12.3. The minimum atomic E-state index is -1.03. The molecule has 2 aromatic heterocycles. The van der Waals surface area contributed by atoms with Gasteiger partial charge in [-0.2, -0.15) is 0 Å². The maximum Gasteiger partial charge on any atom is 0.326 e. The monoisotopic (exact) mass is 320 g/mol. The number of likely N-dealkylation sites (N-methyl/N-ethyl adjacent to an activating group) is 1. The Hall–Kier alpha value is -2.71. The number of hydrogen-bond acceptors (Lipinski definition) is 6. The molecule has 9 nitrogen and oxygen atoms in total. The van der Waals surface area contributed by atoms with E-state index in [4.69, 9.17) is 0 Å². The van der Waals surface area contributed by atoms with E-state index in [0.717, 1.165) is 0 Å². The van der Waals surface area contributed by atoms with E-state index in [9.17, 15) is 14.7 Å². The fourth-order valence-electron chi connectivity index (χ4n) is 2.26. The Morgan fingerprint density at radius 1 is 1.35 bits per heavy atom. The molecule has 0 saturated heterocycles. The highest BCUT2D eigenvalue weighted by molar-refractivity contribution is 5.89. The third kappa shape index (κ3) is 4.15.